The van der Waals surface area contributed by atoms with Crippen LogP contribution in [0.2, 0.25) is 0 Å². The second kappa shape index (κ2) is 8.84. The van der Waals surface area contributed by atoms with Gasteiger partial charge in [0.1, 0.15) is 23.2 Å². The van der Waals surface area contributed by atoms with Gasteiger partial charge in [0.05, 0.1) is 5.69 Å². The van der Waals surface area contributed by atoms with Gasteiger partial charge in [-0.25, -0.2) is 9.37 Å². The lowest BCUT2D eigenvalue weighted by atomic mass is 9.89. The van der Waals surface area contributed by atoms with E-state index in [1.807, 2.05) is 5.38 Å². The Morgan fingerprint density at radius 3 is 2.78 bits per heavy atom. The summed E-state index contributed by atoms with van der Waals surface area (Å²) in [5.41, 5.74) is 0.958. The van der Waals surface area contributed by atoms with E-state index < -0.39 is 0 Å². The van der Waals surface area contributed by atoms with Crippen LogP contribution in [0.15, 0.2) is 39.3 Å². The van der Waals surface area contributed by atoms with Crippen LogP contribution in [0.1, 0.15) is 54.6 Å². The molecule has 0 amide bonds. The minimum Gasteiger partial charge on any atom is -0.486 e. The van der Waals surface area contributed by atoms with Crippen LogP contribution in [0.5, 0.6) is 5.75 Å². The zero-order valence-corrected chi connectivity index (χ0v) is 16.4. The van der Waals surface area contributed by atoms with E-state index in [0.29, 0.717) is 29.2 Å². The number of ether oxygens (including phenoxy) is 1. The minimum absolute atomic E-state index is 0.274. The molecule has 1 aliphatic carbocycles. The van der Waals surface area contributed by atoms with Crippen molar-refractivity contribution in [1.82, 2.24) is 15.2 Å². The molecule has 0 spiro atoms. The molecule has 2 aromatic heterocycles. The van der Waals surface area contributed by atoms with Gasteiger partial charge < -0.3 is 9.15 Å². The highest BCUT2D eigenvalue weighted by Gasteiger charge is 2.21. The summed E-state index contributed by atoms with van der Waals surface area (Å²) in [5.74, 6) is 2.24. The highest BCUT2D eigenvalue weighted by Crippen LogP contribution is 2.33. The SMILES string of the molecule is Fc1ccc(OCc2nc(CSc3nnc(C4CCCCC4)o3)cs2)cc1. The zero-order chi connectivity index (χ0) is 18.5. The van der Waals surface area contributed by atoms with Gasteiger partial charge in [0.15, 0.2) is 0 Å². The van der Waals surface area contributed by atoms with E-state index >= 15 is 0 Å². The van der Waals surface area contributed by atoms with Gasteiger partial charge in [-0.15, -0.1) is 21.5 Å². The molecule has 142 valence electrons. The maximum Gasteiger partial charge on any atom is 0.276 e. The monoisotopic (exact) mass is 405 g/mol. The molecule has 4 rings (SSSR count). The van der Waals surface area contributed by atoms with Crippen molar-refractivity contribution < 1.29 is 13.5 Å². The molecule has 1 fully saturated rings. The Bertz CT molecular complexity index is 860. The van der Waals surface area contributed by atoms with E-state index in [4.69, 9.17) is 9.15 Å². The molecule has 1 aromatic carbocycles. The van der Waals surface area contributed by atoms with Crippen molar-refractivity contribution in [3.05, 3.63) is 52.1 Å². The van der Waals surface area contributed by atoms with Gasteiger partial charge in [-0.2, -0.15) is 0 Å². The first-order valence-electron chi connectivity index (χ1n) is 9.04. The number of nitrogens with zero attached hydrogens (tertiary/aromatic N) is 3. The summed E-state index contributed by atoms with van der Waals surface area (Å²) in [5, 5.41) is 11.9. The highest BCUT2D eigenvalue weighted by molar-refractivity contribution is 7.98. The number of halogens is 1. The van der Waals surface area contributed by atoms with Crippen LogP contribution in [0.25, 0.3) is 0 Å². The predicted octanol–water partition coefficient (Wildman–Crippen LogP) is 5.58. The van der Waals surface area contributed by atoms with Gasteiger partial charge in [-0.1, -0.05) is 31.0 Å². The van der Waals surface area contributed by atoms with Crippen LogP contribution < -0.4 is 4.74 Å². The molecule has 0 N–H and O–H groups in total. The number of thiazole rings is 1. The molecule has 5 nitrogen and oxygen atoms in total. The third-order valence-electron chi connectivity index (χ3n) is 4.50. The third-order valence-corrected chi connectivity index (χ3v) is 6.22. The summed E-state index contributed by atoms with van der Waals surface area (Å²) < 4.78 is 24.4. The highest BCUT2D eigenvalue weighted by atomic mass is 32.2. The second-order valence-corrected chi connectivity index (χ2v) is 8.37. The molecule has 0 aliphatic heterocycles. The number of benzene rings is 1. The maximum atomic E-state index is 12.9. The largest absolute Gasteiger partial charge is 0.486 e. The number of aromatic nitrogens is 3. The normalized spacial score (nSPS) is 15.1. The van der Waals surface area contributed by atoms with Crippen LogP contribution in [0, 0.1) is 5.82 Å². The number of rotatable bonds is 7. The number of thioether (sulfide) groups is 1. The Hall–Kier alpha value is -1.93. The Morgan fingerprint density at radius 2 is 1.96 bits per heavy atom. The molecule has 0 unspecified atom stereocenters. The van der Waals surface area contributed by atoms with Crippen molar-refractivity contribution in [2.75, 3.05) is 0 Å². The molecule has 27 heavy (non-hydrogen) atoms. The summed E-state index contributed by atoms with van der Waals surface area (Å²) in [6, 6.07) is 5.98. The van der Waals surface area contributed by atoms with Gasteiger partial charge in [-0.3, -0.25) is 0 Å². The average molecular weight is 406 g/mol. The Kier molecular flexibility index (Phi) is 6.03. The fraction of sp³-hybridized carbons (Fsp3) is 0.421. The van der Waals surface area contributed by atoms with Gasteiger partial charge in [-0.05, 0) is 37.1 Å². The Balaban J connectivity index is 1.27. The van der Waals surface area contributed by atoms with Gasteiger partial charge in [0.2, 0.25) is 5.89 Å². The van der Waals surface area contributed by atoms with Crippen molar-refractivity contribution in [3.8, 4) is 5.75 Å². The first-order chi connectivity index (χ1) is 13.3. The topological polar surface area (TPSA) is 61.0 Å². The van der Waals surface area contributed by atoms with Crippen molar-refractivity contribution >= 4 is 23.1 Å². The fourth-order valence-corrected chi connectivity index (χ4v) is 4.56. The summed E-state index contributed by atoms with van der Waals surface area (Å²) >= 11 is 3.05. The fourth-order valence-electron chi connectivity index (χ4n) is 3.09. The molecule has 2 heterocycles. The zero-order valence-electron chi connectivity index (χ0n) is 14.8. The summed E-state index contributed by atoms with van der Waals surface area (Å²) in [6.07, 6.45) is 6.10. The van der Waals surface area contributed by atoms with E-state index in [9.17, 15) is 4.39 Å². The summed E-state index contributed by atoms with van der Waals surface area (Å²) in [6.45, 7) is 0.368. The Labute approximate surface area is 165 Å². The lowest BCUT2D eigenvalue weighted by molar-refractivity contribution is 0.305. The van der Waals surface area contributed by atoms with E-state index in [2.05, 4.69) is 15.2 Å². The molecular weight excluding hydrogens is 385 g/mol. The minimum atomic E-state index is -0.274. The van der Waals surface area contributed by atoms with Gasteiger partial charge >= 0.3 is 0 Å². The first-order valence-corrected chi connectivity index (χ1v) is 10.9. The van der Waals surface area contributed by atoms with Crippen molar-refractivity contribution in [2.45, 2.75) is 55.6 Å². The molecular formula is C19H20FN3O2S2. The van der Waals surface area contributed by atoms with Crippen LogP contribution in [0.4, 0.5) is 4.39 Å². The summed E-state index contributed by atoms with van der Waals surface area (Å²) in [4.78, 5) is 4.56. The average Bonchev–Trinajstić information content (AvgIpc) is 3.36. The van der Waals surface area contributed by atoms with Gasteiger partial charge in [0.25, 0.3) is 5.22 Å². The smallest absolute Gasteiger partial charge is 0.276 e. The number of hydrogen-bond acceptors (Lipinski definition) is 7. The quantitative estimate of drug-likeness (QED) is 0.478. The molecule has 3 aromatic rings. The van der Waals surface area contributed by atoms with Crippen molar-refractivity contribution in [1.29, 1.82) is 0 Å². The lowest BCUT2D eigenvalue weighted by Gasteiger charge is -2.17. The predicted molar refractivity (Wildman–Crippen MR) is 103 cm³/mol. The molecule has 0 atom stereocenters. The molecule has 1 saturated carbocycles. The van der Waals surface area contributed by atoms with Crippen LogP contribution in [-0.2, 0) is 12.4 Å². The molecule has 0 saturated heterocycles. The van der Waals surface area contributed by atoms with Crippen LogP contribution in [-0.4, -0.2) is 15.2 Å². The van der Waals surface area contributed by atoms with Crippen LogP contribution in [0.3, 0.4) is 0 Å². The van der Waals surface area contributed by atoms with E-state index in [1.165, 1.54) is 43.2 Å². The molecule has 0 radical (unpaired) electrons. The molecule has 0 bridgehead atoms. The first kappa shape index (κ1) is 18.4. The van der Waals surface area contributed by atoms with Crippen LogP contribution >= 0.6 is 23.1 Å². The lowest BCUT2D eigenvalue weighted by Crippen LogP contribution is -2.04. The second-order valence-electron chi connectivity index (χ2n) is 6.50. The van der Waals surface area contributed by atoms with E-state index in [-0.39, 0.29) is 5.82 Å². The van der Waals surface area contributed by atoms with E-state index in [0.717, 1.165) is 29.4 Å². The van der Waals surface area contributed by atoms with Crippen molar-refractivity contribution in [2.24, 2.45) is 0 Å². The Morgan fingerprint density at radius 1 is 1.15 bits per heavy atom. The summed E-state index contributed by atoms with van der Waals surface area (Å²) in [7, 11) is 0. The number of hydrogen-bond donors (Lipinski definition) is 0. The van der Waals surface area contributed by atoms with E-state index in [1.54, 1.807) is 23.5 Å². The van der Waals surface area contributed by atoms with Gasteiger partial charge in [0, 0.05) is 17.1 Å². The standard InChI is InChI=1S/C19H20FN3O2S2/c20-14-6-8-16(9-7-14)24-10-17-21-15(11-26-17)12-27-19-23-22-18(25-19)13-4-2-1-3-5-13/h6-9,11,13H,1-5,10,12H2. The third kappa shape index (κ3) is 5.07. The molecule has 1 aliphatic rings. The maximum absolute atomic E-state index is 12.9. The molecule has 8 heteroatoms. The van der Waals surface area contributed by atoms with Crippen molar-refractivity contribution in [3.63, 3.8) is 0 Å².